The Morgan fingerprint density at radius 2 is 2.10 bits per heavy atom. The van der Waals surface area contributed by atoms with E-state index in [4.69, 9.17) is 9.63 Å². The molecule has 1 unspecified atom stereocenters. The lowest BCUT2D eigenvalue weighted by molar-refractivity contribution is -0.145. The average molecular weight is 280 g/mol. The zero-order valence-corrected chi connectivity index (χ0v) is 12.0. The minimum absolute atomic E-state index is 0.0243. The van der Waals surface area contributed by atoms with E-state index >= 15 is 0 Å². The Balaban J connectivity index is 2.04. The van der Waals surface area contributed by atoms with Crippen LogP contribution in [-0.2, 0) is 9.59 Å². The summed E-state index contributed by atoms with van der Waals surface area (Å²) < 4.78 is 5.11. The largest absolute Gasteiger partial charge is 0.480 e. The molecule has 1 fully saturated rings. The first kappa shape index (κ1) is 14.6. The summed E-state index contributed by atoms with van der Waals surface area (Å²) in [4.78, 5) is 24.6. The van der Waals surface area contributed by atoms with E-state index in [0.717, 1.165) is 29.9 Å². The Morgan fingerprint density at radius 1 is 1.45 bits per heavy atom. The number of aryl methyl sites for hydroxylation is 2. The van der Waals surface area contributed by atoms with Crippen molar-refractivity contribution >= 4 is 11.9 Å². The lowest BCUT2D eigenvalue weighted by Crippen LogP contribution is -2.38. The monoisotopic (exact) mass is 280 g/mol. The summed E-state index contributed by atoms with van der Waals surface area (Å²) >= 11 is 0. The van der Waals surface area contributed by atoms with Gasteiger partial charge in [0.05, 0.1) is 5.69 Å². The van der Waals surface area contributed by atoms with Crippen LogP contribution in [0.15, 0.2) is 4.52 Å². The minimum atomic E-state index is -0.963. The molecule has 1 saturated carbocycles. The van der Waals surface area contributed by atoms with Gasteiger partial charge in [-0.15, -0.1) is 0 Å². The Bertz CT molecular complexity index is 500. The van der Waals surface area contributed by atoms with Gasteiger partial charge in [0.25, 0.3) is 0 Å². The van der Waals surface area contributed by atoms with Gasteiger partial charge in [-0.1, -0.05) is 12.1 Å². The third-order valence-corrected chi connectivity index (χ3v) is 3.68. The summed E-state index contributed by atoms with van der Waals surface area (Å²) in [5.41, 5.74) is 1.74. The fraction of sp³-hybridized carbons (Fsp3) is 0.643. The van der Waals surface area contributed by atoms with Crippen LogP contribution < -0.4 is 0 Å². The highest BCUT2D eigenvalue weighted by molar-refractivity contribution is 5.82. The van der Waals surface area contributed by atoms with Crippen molar-refractivity contribution in [2.45, 2.75) is 52.0 Å². The highest BCUT2D eigenvalue weighted by Gasteiger charge is 2.34. The molecule has 1 aliphatic rings. The Hall–Kier alpha value is -1.85. The second-order valence-corrected chi connectivity index (χ2v) is 5.49. The first-order valence-corrected chi connectivity index (χ1v) is 6.84. The van der Waals surface area contributed by atoms with Gasteiger partial charge in [-0.05, 0) is 32.6 Å². The van der Waals surface area contributed by atoms with E-state index in [0.29, 0.717) is 0 Å². The maximum absolute atomic E-state index is 12.3. The maximum Gasteiger partial charge on any atom is 0.323 e. The Morgan fingerprint density at radius 3 is 2.55 bits per heavy atom. The number of carboxylic acids is 1. The summed E-state index contributed by atoms with van der Waals surface area (Å²) in [7, 11) is 0. The molecular weight excluding hydrogens is 260 g/mol. The SMILES string of the molecule is Cc1noc(C)c1C(C)CC(=O)N(CC(=O)O)C1CC1. The highest BCUT2D eigenvalue weighted by atomic mass is 16.5. The van der Waals surface area contributed by atoms with Crippen molar-refractivity contribution in [3.63, 3.8) is 0 Å². The molecule has 0 radical (unpaired) electrons. The zero-order chi connectivity index (χ0) is 14.9. The number of carbonyl (C=O) groups is 2. The molecule has 1 aliphatic carbocycles. The van der Waals surface area contributed by atoms with Gasteiger partial charge in [-0.2, -0.15) is 0 Å². The number of hydrogen-bond acceptors (Lipinski definition) is 4. The summed E-state index contributed by atoms with van der Waals surface area (Å²) in [5, 5.41) is 12.8. The molecule has 0 aliphatic heterocycles. The van der Waals surface area contributed by atoms with E-state index in [-0.39, 0.29) is 30.8 Å². The fourth-order valence-corrected chi connectivity index (χ4v) is 2.63. The van der Waals surface area contributed by atoms with Gasteiger partial charge < -0.3 is 14.5 Å². The summed E-state index contributed by atoms with van der Waals surface area (Å²) in [6.07, 6.45) is 2.09. The van der Waals surface area contributed by atoms with Gasteiger partial charge in [0, 0.05) is 18.0 Å². The molecular formula is C14H20N2O4. The van der Waals surface area contributed by atoms with E-state index in [1.807, 2.05) is 20.8 Å². The number of aromatic nitrogens is 1. The van der Waals surface area contributed by atoms with Gasteiger partial charge >= 0.3 is 5.97 Å². The molecule has 1 aromatic rings. The van der Waals surface area contributed by atoms with Gasteiger partial charge in [-0.25, -0.2) is 0 Å². The molecule has 1 atom stereocenters. The summed E-state index contributed by atoms with van der Waals surface area (Å²) in [6.45, 7) is 5.41. The fourth-order valence-electron chi connectivity index (χ4n) is 2.63. The quantitative estimate of drug-likeness (QED) is 0.859. The number of nitrogens with zero attached hydrogens (tertiary/aromatic N) is 2. The van der Waals surface area contributed by atoms with Crippen molar-refractivity contribution in [3.8, 4) is 0 Å². The van der Waals surface area contributed by atoms with E-state index < -0.39 is 5.97 Å². The first-order chi connectivity index (χ1) is 9.40. The molecule has 0 aromatic carbocycles. The molecule has 1 amide bonds. The Kier molecular flexibility index (Phi) is 4.11. The van der Waals surface area contributed by atoms with Crippen molar-refractivity contribution in [1.82, 2.24) is 10.1 Å². The van der Waals surface area contributed by atoms with E-state index in [1.165, 1.54) is 4.90 Å². The predicted octanol–water partition coefficient (Wildman–Crippen LogP) is 1.86. The number of hydrogen-bond donors (Lipinski definition) is 1. The molecule has 110 valence electrons. The number of amides is 1. The molecule has 0 spiro atoms. The van der Waals surface area contributed by atoms with E-state index in [2.05, 4.69) is 5.16 Å². The second kappa shape index (κ2) is 5.64. The molecule has 20 heavy (non-hydrogen) atoms. The molecule has 0 bridgehead atoms. The van der Waals surface area contributed by atoms with E-state index in [1.54, 1.807) is 0 Å². The van der Waals surface area contributed by atoms with Crippen LogP contribution in [0, 0.1) is 13.8 Å². The molecule has 2 rings (SSSR count). The van der Waals surface area contributed by atoms with Gasteiger partial charge in [0.2, 0.25) is 5.91 Å². The second-order valence-electron chi connectivity index (χ2n) is 5.49. The number of aliphatic carboxylic acids is 1. The van der Waals surface area contributed by atoms with Crippen molar-refractivity contribution in [3.05, 3.63) is 17.0 Å². The number of carboxylic acid groups (broad SMARTS) is 1. The topological polar surface area (TPSA) is 83.6 Å². The number of carbonyl (C=O) groups excluding carboxylic acids is 1. The Labute approximate surface area is 117 Å². The standard InChI is InChI=1S/C14H20N2O4/c1-8(14-9(2)15-20-10(14)3)6-12(17)16(7-13(18)19)11-4-5-11/h8,11H,4-7H2,1-3H3,(H,18,19). The van der Waals surface area contributed by atoms with Crippen LogP contribution in [0.3, 0.4) is 0 Å². The molecule has 0 saturated heterocycles. The average Bonchev–Trinajstić information content (AvgIpc) is 3.12. The van der Waals surface area contributed by atoms with Crippen molar-refractivity contribution in [2.75, 3.05) is 6.54 Å². The third-order valence-electron chi connectivity index (χ3n) is 3.68. The molecule has 1 heterocycles. The molecule has 6 nitrogen and oxygen atoms in total. The van der Waals surface area contributed by atoms with Crippen LogP contribution in [0.1, 0.15) is 49.1 Å². The van der Waals surface area contributed by atoms with Crippen LogP contribution in [0.5, 0.6) is 0 Å². The third kappa shape index (κ3) is 3.18. The van der Waals surface area contributed by atoms with Crippen molar-refractivity contribution in [1.29, 1.82) is 0 Å². The van der Waals surface area contributed by atoms with Crippen molar-refractivity contribution < 1.29 is 19.2 Å². The van der Waals surface area contributed by atoms with Crippen LogP contribution in [-0.4, -0.2) is 39.6 Å². The van der Waals surface area contributed by atoms with Crippen LogP contribution in [0.2, 0.25) is 0 Å². The smallest absolute Gasteiger partial charge is 0.323 e. The lowest BCUT2D eigenvalue weighted by atomic mass is 9.95. The first-order valence-electron chi connectivity index (χ1n) is 6.84. The van der Waals surface area contributed by atoms with Gasteiger partial charge in [0.1, 0.15) is 12.3 Å². The predicted molar refractivity (Wildman–Crippen MR) is 71.4 cm³/mol. The van der Waals surface area contributed by atoms with Crippen LogP contribution >= 0.6 is 0 Å². The van der Waals surface area contributed by atoms with Crippen LogP contribution in [0.4, 0.5) is 0 Å². The molecule has 1 aromatic heterocycles. The lowest BCUT2D eigenvalue weighted by Gasteiger charge is -2.22. The van der Waals surface area contributed by atoms with Gasteiger partial charge in [0.15, 0.2) is 0 Å². The van der Waals surface area contributed by atoms with Crippen LogP contribution in [0.25, 0.3) is 0 Å². The molecule has 6 heteroatoms. The summed E-state index contributed by atoms with van der Waals surface area (Å²) in [5.74, 6) is -0.375. The minimum Gasteiger partial charge on any atom is -0.480 e. The highest BCUT2D eigenvalue weighted by Crippen LogP contribution is 2.30. The van der Waals surface area contributed by atoms with E-state index in [9.17, 15) is 9.59 Å². The molecule has 1 N–H and O–H groups in total. The van der Waals surface area contributed by atoms with Gasteiger partial charge in [-0.3, -0.25) is 9.59 Å². The van der Waals surface area contributed by atoms with Crippen molar-refractivity contribution in [2.24, 2.45) is 0 Å². The summed E-state index contributed by atoms with van der Waals surface area (Å²) in [6, 6.07) is 0.107. The number of rotatable bonds is 6. The maximum atomic E-state index is 12.3. The normalized spacial score (nSPS) is 15.9. The zero-order valence-electron chi connectivity index (χ0n) is 12.0.